The Balaban J connectivity index is 1.55. The van der Waals surface area contributed by atoms with E-state index < -0.39 is 36.2 Å². The molecule has 0 bridgehead atoms. The maximum atomic E-state index is 13.5. The van der Waals surface area contributed by atoms with Crippen LogP contribution in [-0.2, 0) is 22.6 Å². The van der Waals surface area contributed by atoms with Crippen LogP contribution >= 0.6 is 0 Å². The molecule has 7 heteroatoms. The largest absolute Gasteiger partial charge is 0.350 e. The van der Waals surface area contributed by atoms with Gasteiger partial charge in [-0.25, -0.2) is 9.18 Å². The van der Waals surface area contributed by atoms with Crippen molar-refractivity contribution >= 4 is 17.8 Å². The molecule has 6 nitrogen and oxygen atoms in total. The van der Waals surface area contributed by atoms with E-state index in [-0.39, 0.29) is 6.54 Å². The van der Waals surface area contributed by atoms with E-state index in [2.05, 4.69) is 10.6 Å². The third kappa shape index (κ3) is 4.05. The Kier molecular flexibility index (Phi) is 5.26. The van der Waals surface area contributed by atoms with E-state index in [1.165, 1.54) is 6.07 Å². The Labute approximate surface area is 150 Å². The van der Waals surface area contributed by atoms with Gasteiger partial charge in [0.1, 0.15) is 18.4 Å². The zero-order chi connectivity index (χ0) is 18.5. The number of hydrogen-bond acceptors (Lipinski definition) is 3. The zero-order valence-corrected chi connectivity index (χ0v) is 13.9. The summed E-state index contributed by atoms with van der Waals surface area (Å²) < 4.78 is 13.5. The lowest BCUT2D eigenvalue weighted by molar-refractivity contribution is -0.132. The smallest absolute Gasteiger partial charge is 0.325 e. The van der Waals surface area contributed by atoms with Crippen molar-refractivity contribution in [3.8, 4) is 0 Å². The quantitative estimate of drug-likeness (QED) is 0.773. The van der Waals surface area contributed by atoms with Crippen molar-refractivity contribution in [1.29, 1.82) is 0 Å². The van der Waals surface area contributed by atoms with Gasteiger partial charge in [0.05, 0.1) is 0 Å². The number of benzene rings is 2. The predicted molar refractivity (Wildman–Crippen MR) is 92.4 cm³/mol. The van der Waals surface area contributed by atoms with Gasteiger partial charge >= 0.3 is 6.03 Å². The molecular weight excluding hydrogens is 337 g/mol. The van der Waals surface area contributed by atoms with Gasteiger partial charge in [0, 0.05) is 18.5 Å². The third-order valence-corrected chi connectivity index (χ3v) is 4.13. The molecule has 1 saturated heterocycles. The summed E-state index contributed by atoms with van der Waals surface area (Å²) in [5.41, 5.74) is 1.25. The molecular formula is C19H18FN3O3. The van der Waals surface area contributed by atoms with Crippen molar-refractivity contribution in [2.24, 2.45) is 0 Å². The molecule has 2 aromatic carbocycles. The Morgan fingerprint density at radius 1 is 1.08 bits per heavy atom. The summed E-state index contributed by atoms with van der Waals surface area (Å²) in [5, 5.41) is 5.11. The summed E-state index contributed by atoms with van der Waals surface area (Å²) in [5.74, 6) is -1.40. The van der Waals surface area contributed by atoms with Crippen molar-refractivity contribution in [2.75, 3.05) is 6.54 Å². The molecule has 1 aliphatic rings. The lowest BCUT2D eigenvalue weighted by atomic mass is 10.1. The van der Waals surface area contributed by atoms with Crippen molar-refractivity contribution in [2.45, 2.75) is 19.0 Å². The Morgan fingerprint density at radius 2 is 1.77 bits per heavy atom. The number of imide groups is 1. The van der Waals surface area contributed by atoms with Crippen molar-refractivity contribution in [3.05, 3.63) is 71.5 Å². The van der Waals surface area contributed by atoms with Crippen LogP contribution in [0, 0.1) is 5.82 Å². The molecule has 0 aliphatic carbocycles. The minimum absolute atomic E-state index is 0.0113. The topological polar surface area (TPSA) is 78.5 Å². The number of carbonyl (C=O) groups is 3. The summed E-state index contributed by atoms with van der Waals surface area (Å²) in [6.07, 6.45) is 0.360. The molecule has 0 aromatic heterocycles. The highest BCUT2D eigenvalue weighted by molar-refractivity contribution is 6.06. The number of carbonyl (C=O) groups excluding carboxylic acids is 3. The first-order valence-electron chi connectivity index (χ1n) is 8.20. The van der Waals surface area contributed by atoms with E-state index in [4.69, 9.17) is 0 Å². The average Bonchev–Trinajstić information content (AvgIpc) is 2.89. The van der Waals surface area contributed by atoms with E-state index in [0.29, 0.717) is 12.0 Å². The second-order valence-corrected chi connectivity index (χ2v) is 5.98. The van der Waals surface area contributed by atoms with Gasteiger partial charge in [-0.05, 0) is 11.6 Å². The van der Waals surface area contributed by atoms with Gasteiger partial charge in [-0.3, -0.25) is 14.5 Å². The van der Waals surface area contributed by atoms with E-state index in [0.717, 1.165) is 10.5 Å². The third-order valence-electron chi connectivity index (χ3n) is 4.13. The van der Waals surface area contributed by atoms with Crippen molar-refractivity contribution in [1.82, 2.24) is 15.5 Å². The molecule has 0 saturated carbocycles. The molecule has 2 N–H and O–H groups in total. The molecule has 3 rings (SSSR count). The van der Waals surface area contributed by atoms with Crippen LogP contribution in [0.15, 0.2) is 54.6 Å². The number of amides is 4. The fraction of sp³-hybridized carbons (Fsp3) is 0.211. The Bertz CT molecular complexity index is 826. The molecule has 1 heterocycles. The fourth-order valence-electron chi connectivity index (χ4n) is 2.75. The Hall–Kier alpha value is -3.22. The molecule has 0 unspecified atom stereocenters. The summed E-state index contributed by atoms with van der Waals surface area (Å²) in [4.78, 5) is 37.3. The van der Waals surface area contributed by atoms with Crippen LogP contribution in [0.3, 0.4) is 0 Å². The highest BCUT2D eigenvalue weighted by Crippen LogP contribution is 2.12. The minimum atomic E-state index is -0.690. The van der Waals surface area contributed by atoms with Crippen LogP contribution in [0.4, 0.5) is 9.18 Å². The number of halogens is 1. The first-order chi connectivity index (χ1) is 12.5. The van der Waals surface area contributed by atoms with E-state index in [1.807, 2.05) is 30.3 Å². The summed E-state index contributed by atoms with van der Waals surface area (Å²) in [7, 11) is 0. The van der Waals surface area contributed by atoms with Crippen LogP contribution in [0.5, 0.6) is 0 Å². The maximum absolute atomic E-state index is 13.5. The van der Waals surface area contributed by atoms with Crippen LogP contribution in [0.2, 0.25) is 0 Å². The number of nitrogens with zero attached hydrogens (tertiary/aromatic N) is 1. The number of rotatable bonds is 6. The summed E-state index contributed by atoms with van der Waals surface area (Å²) in [6, 6.07) is 14.1. The van der Waals surface area contributed by atoms with Gasteiger partial charge < -0.3 is 10.6 Å². The van der Waals surface area contributed by atoms with Crippen LogP contribution < -0.4 is 10.6 Å². The number of urea groups is 1. The van der Waals surface area contributed by atoms with Gasteiger partial charge in [0.25, 0.3) is 5.91 Å². The van der Waals surface area contributed by atoms with Crippen molar-refractivity contribution in [3.63, 3.8) is 0 Å². The number of nitrogens with one attached hydrogen (secondary N) is 2. The average molecular weight is 355 g/mol. The van der Waals surface area contributed by atoms with E-state index in [1.54, 1.807) is 18.2 Å². The molecule has 0 spiro atoms. The normalized spacial score (nSPS) is 16.5. The Morgan fingerprint density at radius 3 is 2.50 bits per heavy atom. The van der Waals surface area contributed by atoms with Crippen LogP contribution in [0.25, 0.3) is 0 Å². The van der Waals surface area contributed by atoms with Gasteiger partial charge in [0.2, 0.25) is 5.91 Å². The van der Waals surface area contributed by atoms with Crippen LogP contribution in [0.1, 0.15) is 11.1 Å². The highest BCUT2D eigenvalue weighted by Gasteiger charge is 2.38. The van der Waals surface area contributed by atoms with Gasteiger partial charge in [-0.15, -0.1) is 0 Å². The second-order valence-electron chi connectivity index (χ2n) is 5.98. The molecule has 1 atom stereocenters. The molecule has 1 fully saturated rings. The first kappa shape index (κ1) is 17.6. The zero-order valence-electron chi connectivity index (χ0n) is 13.9. The summed E-state index contributed by atoms with van der Waals surface area (Å²) in [6.45, 7) is -0.410. The highest BCUT2D eigenvalue weighted by atomic mass is 19.1. The van der Waals surface area contributed by atoms with E-state index >= 15 is 0 Å². The first-order valence-corrected chi connectivity index (χ1v) is 8.20. The molecule has 4 amide bonds. The maximum Gasteiger partial charge on any atom is 0.325 e. The standard InChI is InChI=1S/C19H18FN3O3/c20-15-9-5-4-8-14(15)11-21-17(24)12-23-18(25)16(22-19(23)26)10-13-6-2-1-3-7-13/h1-9,16H,10-12H2,(H,21,24)(H,22,26)/t16-/m1/s1. The van der Waals surface area contributed by atoms with Gasteiger partial charge in [-0.2, -0.15) is 0 Å². The minimum Gasteiger partial charge on any atom is -0.350 e. The SMILES string of the molecule is O=C(CN1C(=O)N[C@H](Cc2ccccc2)C1=O)NCc1ccccc1F. The van der Waals surface area contributed by atoms with Gasteiger partial charge in [-0.1, -0.05) is 48.5 Å². The summed E-state index contributed by atoms with van der Waals surface area (Å²) >= 11 is 0. The van der Waals surface area contributed by atoms with E-state index in [9.17, 15) is 18.8 Å². The predicted octanol–water partition coefficient (Wildman–Crippen LogP) is 1.60. The molecule has 1 aliphatic heterocycles. The molecule has 0 radical (unpaired) electrons. The lowest BCUT2D eigenvalue weighted by Crippen LogP contribution is -2.41. The monoisotopic (exact) mass is 355 g/mol. The fourth-order valence-corrected chi connectivity index (χ4v) is 2.75. The molecule has 26 heavy (non-hydrogen) atoms. The molecule has 134 valence electrons. The number of hydrogen-bond donors (Lipinski definition) is 2. The lowest BCUT2D eigenvalue weighted by Gasteiger charge is -2.13. The van der Waals surface area contributed by atoms with Crippen molar-refractivity contribution < 1.29 is 18.8 Å². The second kappa shape index (κ2) is 7.77. The van der Waals surface area contributed by atoms with Gasteiger partial charge in [0.15, 0.2) is 0 Å². The van der Waals surface area contributed by atoms with Crippen LogP contribution in [-0.4, -0.2) is 35.3 Å². The molecule has 2 aromatic rings.